The highest BCUT2D eigenvalue weighted by Gasteiger charge is 2.02. The van der Waals surface area contributed by atoms with Crippen LogP contribution in [-0.4, -0.2) is 14.3 Å². The predicted molar refractivity (Wildman–Crippen MR) is 75.0 cm³/mol. The molecule has 0 unspecified atom stereocenters. The quantitative estimate of drug-likeness (QED) is 0.773. The largest absolute Gasteiger partial charge is 0.348 e. The second-order valence-electron chi connectivity index (χ2n) is 4.48. The maximum atomic E-state index is 5.60. The Hall–Kier alpha value is -2.33. The molecule has 2 N–H and O–H groups in total. The summed E-state index contributed by atoms with van der Waals surface area (Å²) < 4.78 is 3.99. The fourth-order valence-electron chi connectivity index (χ4n) is 2.07. The predicted octanol–water partition coefficient (Wildman–Crippen LogP) is 2.18. The number of nitrogens with two attached hydrogens (primary N) is 1. The molecule has 4 heteroatoms. The van der Waals surface area contributed by atoms with E-state index in [-0.39, 0.29) is 0 Å². The van der Waals surface area contributed by atoms with Gasteiger partial charge in [-0.1, -0.05) is 18.2 Å². The summed E-state index contributed by atoms with van der Waals surface area (Å²) in [5.41, 5.74) is 8.85. The summed E-state index contributed by atoms with van der Waals surface area (Å²) in [6, 6.07) is 14.2. The van der Waals surface area contributed by atoms with E-state index in [4.69, 9.17) is 5.73 Å². The molecule has 3 rings (SSSR count). The second kappa shape index (κ2) is 5.12. The average Bonchev–Trinajstić information content (AvgIpc) is 3.09. The molecule has 0 fully saturated rings. The van der Waals surface area contributed by atoms with Crippen LogP contribution in [0.15, 0.2) is 61.1 Å². The molecule has 96 valence electrons. The monoisotopic (exact) mass is 252 g/mol. The number of aromatic nitrogens is 3. The number of benzene rings is 1. The van der Waals surface area contributed by atoms with E-state index in [0.717, 1.165) is 23.5 Å². The highest BCUT2D eigenvalue weighted by Crippen LogP contribution is 2.09. The van der Waals surface area contributed by atoms with Gasteiger partial charge in [-0.2, -0.15) is 5.10 Å². The van der Waals surface area contributed by atoms with Crippen molar-refractivity contribution in [3.63, 3.8) is 0 Å². The van der Waals surface area contributed by atoms with Crippen LogP contribution in [0.3, 0.4) is 0 Å². The van der Waals surface area contributed by atoms with E-state index in [0.29, 0.717) is 6.54 Å². The topological polar surface area (TPSA) is 48.8 Å². The van der Waals surface area contributed by atoms with Crippen molar-refractivity contribution in [2.75, 3.05) is 0 Å². The van der Waals surface area contributed by atoms with Gasteiger partial charge in [-0.15, -0.1) is 0 Å². The van der Waals surface area contributed by atoms with Crippen molar-refractivity contribution >= 4 is 0 Å². The van der Waals surface area contributed by atoms with Crippen LogP contribution in [0.5, 0.6) is 0 Å². The molecule has 19 heavy (non-hydrogen) atoms. The van der Waals surface area contributed by atoms with Gasteiger partial charge in [0.2, 0.25) is 0 Å². The Morgan fingerprint density at radius 3 is 2.58 bits per heavy atom. The lowest BCUT2D eigenvalue weighted by molar-refractivity contribution is 0.747. The van der Waals surface area contributed by atoms with Crippen LogP contribution in [0.25, 0.3) is 5.69 Å². The van der Waals surface area contributed by atoms with E-state index in [1.165, 1.54) is 0 Å². The van der Waals surface area contributed by atoms with Crippen LogP contribution in [0, 0.1) is 0 Å². The zero-order valence-electron chi connectivity index (χ0n) is 10.6. The zero-order valence-corrected chi connectivity index (χ0v) is 10.6. The lowest BCUT2D eigenvalue weighted by Gasteiger charge is -2.01. The molecule has 0 radical (unpaired) electrons. The standard InChI is InChI=1S/C15H16N4/c16-10-13-6-8-18(11-13)12-14-7-9-19(17-14)15-4-2-1-3-5-15/h1-9,11H,10,12,16H2. The van der Waals surface area contributed by atoms with E-state index >= 15 is 0 Å². The minimum Gasteiger partial charge on any atom is -0.348 e. The highest BCUT2D eigenvalue weighted by molar-refractivity contribution is 5.30. The molecule has 0 saturated carbocycles. The van der Waals surface area contributed by atoms with E-state index in [1.807, 2.05) is 59.5 Å². The molecule has 4 nitrogen and oxygen atoms in total. The lowest BCUT2D eigenvalue weighted by Crippen LogP contribution is -2.00. The molecule has 0 bridgehead atoms. The molecule has 0 aliphatic rings. The first kappa shape index (κ1) is 11.7. The summed E-state index contributed by atoms with van der Waals surface area (Å²) in [4.78, 5) is 0. The van der Waals surface area contributed by atoms with Crippen LogP contribution < -0.4 is 5.73 Å². The van der Waals surface area contributed by atoms with Gasteiger partial charge >= 0.3 is 0 Å². The number of hydrogen-bond acceptors (Lipinski definition) is 2. The van der Waals surface area contributed by atoms with Crippen molar-refractivity contribution in [1.82, 2.24) is 14.3 Å². The second-order valence-corrected chi connectivity index (χ2v) is 4.48. The van der Waals surface area contributed by atoms with Crippen molar-refractivity contribution in [3.05, 3.63) is 72.3 Å². The van der Waals surface area contributed by atoms with Crippen molar-refractivity contribution in [2.24, 2.45) is 5.73 Å². The first-order valence-electron chi connectivity index (χ1n) is 6.30. The van der Waals surface area contributed by atoms with Crippen molar-refractivity contribution in [3.8, 4) is 5.69 Å². The Bertz CT molecular complexity index is 652. The maximum Gasteiger partial charge on any atom is 0.0826 e. The number of hydrogen-bond donors (Lipinski definition) is 1. The molecule has 0 saturated heterocycles. The molecule has 0 aliphatic carbocycles. The highest BCUT2D eigenvalue weighted by atomic mass is 15.3. The van der Waals surface area contributed by atoms with Crippen LogP contribution in [0.1, 0.15) is 11.3 Å². The third-order valence-electron chi connectivity index (χ3n) is 3.06. The molecule has 3 aromatic rings. The summed E-state index contributed by atoms with van der Waals surface area (Å²) in [5.74, 6) is 0. The van der Waals surface area contributed by atoms with Crippen LogP contribution in [0.4, 0.5) is 0 Å². The summed E-state index contributed by atoms with van der Waals surface area (Å²) in [5, 5.41) is 4.58. The minimum absolute atomic E-state index is 0.575. The van der Waals surface area contributed by atoms with E-state index in [1.54, 1.807) is 0 Å². The first-order chi connectivity index (χ1) is 9.35. The molecule has 0 spiro atoms. The molecule has 2 aromatic heterocycles. The maximum absolute atomic E-state index is 5.60. The molecule has 0 amide bonds. The van der Waals surface area contributed by atoms with Gasteiger partial charge in [-0.3, -0.25) is 0 Å². The van der Waals surface area contributed by atoms with E-state index in [2.05, 4.69) is 15.9 Å². The molecule has 1 aromatic carbocycles. The lowest BCUT2D eigenvalue weighted by atomic mass is 10.3. The van der Waals surface area contributed by atoms with Crippen LogP contribution >= 0.6 is 0 Å². The van der Waals surface area contributed by atoms with Gasteiger partial charge in [0, 0.05) is 25.1 Å². The van der Waals surface area contributed by atoms with Gasteiger partial charge in [-0.25, -0.2) is 4.68 Å². The molecule has 0 aliphatic heterocycles. The van der Waals surface area contributed by atoms with Crippen LogP contribution in [0.2, 0.25) is 0 Å². The number of rotatable bonds is 4. The van der Waals surface area contributed by atoms with Crippen molar-refractivity contribution in [1.29, 1.82) is 0 Å². The molecule has 0 atom stereocenters. The molecule has 2 heterocycles. The van der Waals surface area contributed by atoms with E-state index < -0.39 is 0 Å². The number of para-hydroxylation sites is 1. The van der Waals surface area contributed by atoms with Gasteiger partial charge in [0.15, 0.2) is 0 Å². The normalized spacial score (nSPS) is 10.8. The van der Waals surface area contributed by atoms with Crippen LogP contribution in [-0.2, 0) is 13.1 Å². The summed E-state index contributed by atoms with van der Waals surface area (Å²) in [6.07, 6.45) is 6.07. The third kappa shape index (κ3) is 2.58. The first-order valence-corrected chi connectivity index (χ1v) is 6.30. The third-order valence-corrected chi connectivity index (χ3v) is 3.06. The Kier molecular flexibility index (Phi) is 3.16. The molecular formula is C15H16N4. The van der Waals surface area contributed by atoms with Gasteiger partial charge < -0.3 is 10.3 Å². The SMILES string of the molecule is NCc1ccn(Cc2ccn(-c3ccccc3)n2)c1. The fraction of sp³-hybridized carbons (Fsp3) is 0.133. The molecular weight excluding hydrogens is 236 g/mol. The summed E-state index contributed by atoms with van der Waals surface area (Å²) in [7, 11) is 0. The van der Waals surface area contributed by atoms with E-state index in [9.17, 15) is 0 Å². The Morgan fingerprint density at radius 2 is 1.84 bits per heavy atom. The van der Waals surface area contributed by atoms with Gasteiger partial charge in [0.25, 0.3) is 0 Å². The Morgan fingerprint density at radius 1 is 1.00 bits per heavy atom. The van der Waals surface area contributed by atoms with Gasteiger partial charge in [-0.05, 0) is 29.8 Å². The van der Waals surface area contributed by atoms with Crippen molar-refractivity contribution < 1.29 is 0 Å². The average molecular weight is 252 g/mol. The smallest absolute Gasteiger partial charge is 0.0826 e. The van der Waals surface area contributed by atoms with Gasteiger partial charge in [0.1, 0.15) is 0 Å². The minimum atomic E-state index is 0.575. The Labute approximate surface area is 112 Å². The van der Waals surface area contributed by atoms with Gasteiger partial charge in [0.05, 0.1) is 17.9 Å². The van der Waals surface area contributed by atoms with Crippen molar-refractivity contribution in [2.45, 2.75) is 13.1 Å². The fourth-order valence-corrected chi connectivity index (χ4v) is 2.07. The summed E-state index contributed by atoms with van der Waals surface area (Å²) in [6.45, 7) is 1.34. The zero-order chi connectivity index (χ0) is 13.1. The summed E-state index contributed by atoms with van der Waals surface area (Å²) >= 11 is 0. The Balaban J connectivity index is 1.78. The number of nitrogens with zero attached hydrogens (tertiary/aromatic N) is 3.